The van der Waals surface area contributed by atoms with Gasteiger partial charge < -0.3 is 25.6 Å². The fraction of sp³-hybridized carbons (Fsp3) is 0.656. The predicted molar refractivity (Wildman–Crippen MR) is 169 cm³/mol. The first kappa shape index (κ1) is 34.6. The van der Waals surface area contributed by atoms with Gasteiger partial charge in [0.15, 0.2) is 0 Å². The topological polar surface area (TPSA) is 125 Å². The Kier molecular flexibility index (Phi) is 14.7. The maximum atomic E-state index is 11.9. The number of rotatable bonds is 13. The largest absolute Gasteiger partial charge is 0.396 e. The molecule has 1 aliphatic heterocycles. The number of unbranched alkanes of at least 4 members (excludes halogenated alkanes) is 1. The zero-order valence-corrected chi connectivity index (χ0v) is 26.2. The van der Waals surface area contributed by atoms with Crippen molar-refractivity contribution in [2.45, 2.75) is 73.1 Å². The molecule has 0 spiro atoms. The van der Waals surface area contributed by atoms with Crippen molar-refractivity contribution in [2.75, 3.05) is 65.4 Å². The molecular weight excluding hydrogens is 518 g/mol. The molecule has 2 heterocycles. The van der Waals surface area contributed by atoms with E-state index >= 15 is 0 Å². The lowest BCUT2D eigenvalue weighted by Gasteiger charge is -2.34. The van der Waals surface area contributed by atoms with Gasteiger partial charge >= 0.3 is 0 Å². The number of aliphatic hydroxyl groups is 2. The van der Waals surface area contributed by atoms with Crippen LogP contribution < -0.4 is 5.73 Å². The van der Waals surface area contributed by atoms with Gasteiger partial charge in [-0.1, -0.05) is 39.3 Å². The fourth-order valence-corrected chi connectivity index (χ4v) is 4.68. The van der Waals surface area contributed by atoms with Crippen molar-refractivity contribution < 1.29 is 19.7 Å². The second-order valence-corrected chi connectivity index (χ2v) is 11.5. The van der Waals surface area contributed by atoms with E-state index in [0.29, 0.717) is 5.82 Å². The predicted octanol–water partition coefficient (Wildman–Crippen LogP) is 4.52. The molecule has 1 amide bonds. The molecule has 3 rings (SSSR count). The van der Waals surface area contributed by atoms with Crippen LogP contribution in [-0.4, -0.2) is 96.3 Å². The maximum Gasteiger partial charge on any atom is 0.248 e. The number of aliphatic imine (C=N–C) groups is 1. The van der Waals surface area contributed by atoms with E-state index in [9.17, 15) is 4.79 Å². The fourth-order valence-electron chi connectivity index (χ4n) is 4.68. The zero-order valence-electron chi connectivity index (χ0n) is 26.2. The normalized spacial score (nSPS) is 14.7. The lowest BCUT2D eigenvalue weighted by atomic mass is 9.90. The molecule has 41 heavy (non-hydrogen) atoms. The van der Waals surface area contributed by atoms with Crippen LogP contribution in [0.3, 0.4) is 0 Å². The number of aryl methyl sites for hydroxylation is 2. The number of hydrogen-bond acceptors (Lipinski definition) is 8. The third-order valence-electron chi connectivity index (χ3n) is 8.05. The van der Waals surface area contributed by atoms with E-state index in [1.807, 2.05) is 18.7 Å². The minimum Gasteiger partial charge on any atom is -0.396 e. The quantitative estimate of drug-likeness (QED) is 0.302. The summed E-state index contributed by atoms with van der Waals surface area (Å²) in [5.41, 5.74) is 11.3. The molecule has 0 radical (unpaired) electrons. The number of piperazine rings is 1. The van der Waals surface area contributed by atoms with Gasteiger partial charge in [-0.15, -0.1) is 0 Å². The Labute approximate surface area is 246 Å². The van der Waals surface area contributed by atoms with Crippen molar-refractivity contribution in [3.63, 3.8) is 0 Å². The summed E-state index contributed by atoms with van der Waals surface area (Å²) < 4.78 is 4.96. The van der Waals surface area contributed by atoms with Crippen LogP contribution in [0.4, 0.5) is 11.5 Å². The van der Waals surface area contributed by atoms with Gasteiger partial charge in [0.25, 0.3) is 0 Å². The van der Waals surface area contributed by atoms with Crippen molar-refractivity contribution in [1.29, 1.82) is 0 Å². The molecule has 1 aromatic carbocycles. The van der Waals surface area contributed by atoms with Crippen molar-refractivity contribution in [2.24, 2.45) is 10.4 Å². The van der Waals surface area contributed by atoms with Crippen molar-refractivity contribution in [3.05, 3.63) is 29.3 Å². The van der Waals surface area contributed by atoms with Crippen LogP contribution in [0.25, 0.3) is 10.9 Å². The number of nitrogens with zero attached hydrogens (tertiary/aromatic N) is 4. The van der Waals surface area contributed by atoms with Gasteiger partial charge in [0, 0.05) is 49.8 Å². The lowest BCUT2D eigenvalue weighted by Crippen LogP contribution is -2.49. The number of nitrogen functional groups attached to an aromatic ring is 1. The number of methoxy groups -OCH3 is 1. The number of nitrogens with two attached hydrogens (primary N) is 1. The molecule has 0 aliphatic carbocycles. The average molecular weight is 572 g/mol. The van der Waals surface area contributed by atoms with E-state index in [4.69, 9.17) is 25.7 Å². The number of fused-ring (bicyclic) bond motifs is 1. The first-order valence-corrected chi connectivity index (χ1v) is 15.0. The van der Waals surface area contributed by atoms with Crippen LogP contribution in [0.2, 0.25) is 0 Å². The minimum absolute atomic E-state index is 0.0694. The second kappa shape index (κ2) is 17.4. The highest BCUT2D eigenvalue weighted by Gasteiger charge is 2.20. The molecule has 1 saturated heterocycles. The number of aromatic nitrogens is 1. The van der Waals surface area contributed by atoms with E-state index in [-0.39, 0.29) is 31.1 Å². The molecule has 230 valence electrons. The monoisotopic (exact) mass is 571 g/mol. The molecule has 0 bridgehead atoms. The van der Waals surface area contributed by atoms with Crippen LogP contribution in [0.15, 0.2) is 23.2 Å². The van der Waals surface area contributed by atoms with Crippen molar-refractivity contribution >= 4 is 34.0 Å². The Morgan fingerprint density at radius 3 is 2.39 bits per heavy atom. The molecule has 4 N–H and O–H groups in total. The molecule has 1 fully saturated rings. The van der Waals surface area contributed by atoms with E-state index in [1.165, 1.54) is 5.56 Å². The second-order valence-electron chi connectivity index (χ2n) is 11.5. The average Bonchev–Trinajstić information content (AvgIpc) is 2.98. The van der Waals surface area contributed by atoms with E-state index in [0.717, 1.165) is 99.1 Å². The van der Waals surface area contributed by atoms with Gasteiger partial charge in [-0.3, -0.25) is 14.7 Å². The summed E-state index contributed by atoms with van der Waals surface area (Å²) in [4.78, 5) is 25.7. The number of pyridine rings is 1. The molecule has 1 aromatic heterocycles. The first-order valence-electron chi connectivity index (χ1n) is 15.0. The van der Waals surface area contributed by atoms with Gasteiger partial charge in [0.1, 0.15) is 18.1 Å². The Morgan fingerprint density at radius 2 is 1.83 bits per heavy atom. The number of ether oxygens (including phenoxy) is 1. The maximum absolute atomic E-state index is 11.9. The Hall–Kier alpha value is -2.59. The summed E-state index contributed by atoms with van der Waals surface area (Å²) in [6, 6.07) is 6.52. The number of carbonyl (C=O) groups excluding carboxylic acids is 1. The van der Waals surface area contributed by atoms with Crippen LogP contribution >= 0.6 is 0 Å². The third kappa shape index (κ3) is 10.6. The van der Waals surface area contributed by atoms with Crippen molar-refractivity contribution in [1.82, 2.24) is 14.8 Å². The Balaban J connectivity index is 0.000000642. The highest BCUT2D eigenvalue weighted by atomic mass is 16.5. The van der Waals surface area contributed by atoms with Gasteiger partial charge in [-0.05, 0) is 69.7 Å². The Bertz CT molecular complexity index is 1120. The van der Waals surface area contributed by atoms with Crippen LogP contribution in [0.5, 0.6) is 0 Å². The van der Waals surface area contributed by atoms with E-state index < -0.39 is 0 Å². The first-order chi connectivity index (χ1) is 19.6. The molecule has 0 unspecified atom stereocenters. The molecule has 2 aromatic rings. The minimum atomic E-state index is -0.264. The smallest absolute Gasteiger partial charge is 0.248 e. The van der Waals surface area contributed by atoms with Gasteiger partial charge in [0.05, 0.1) is 18.7 Å². The summed E-state index contributed by atoms with van der Waals surface area (Å²) in [5, 5.41) is 18.4. The summed E-state index contributed by atoms with van der Waals surface area (Å²) in [6.45, 7) is 14.9. The number of benzene rings is 1. The zero-order chi connectivity index (χ0) is 30.4. The molecular formula is C32H53N5O4. The molecule has 9 heteroatoms. The Morgan fingerprint density at radius 1 is 1.15 bits per heavy atom. The lowest BCUT2D eigenvalue weighted by molar-refractivity contribution is -0.136. The molecule has 1 aliphatic rings. The van der Waals surface area contributed by atoms with Gasteiger partial charge in [0.2, 0.25) is 5.91 Å². The third-order valence-corrected chi connectivity index (χ3v) is 8.05. The molecule has 9 nitrogen and oxygen atoms in total. The summed E-state index contributed by atoms with van der Waals surface area (Å²) in [5.74, 6) is 0.592. The summed E-state index contributed by atoms with van der Waals surface area (Å²) >= 11 is 0. The number of hydrogen-bond donors (Lipinski definition) is 3. The van der Waals surface area contributed by atoms with Crippen LogP contribution in [0.1, 0.15) is 70.9 Å². The number of anilines is 1. The highest BCUT2D eigenvalue weighted by molar-refractivity contribution is 5.93. The van der Waals surface area contributed by atoms with Crippen molar-refractivity contribution in [3.8, 4) is 0 Å². The molecule has 0 saturated carbocycles. The van der Waals surface area contributed by atoms with E-state index in [1.54, 1.807) is 7.11 Å². The molecule has 0 atom stereocenters. The van der Waals surface area contributed by atoms with Gasteiger partial charge in [-0.25, -0.2) is 4.98 Å². The van der Waals surface area contributed by atoms with Crippen LogP contribution in [0, 0.1) is 12.3 Å². The van der Waals surface area contributed by atoms with E-state index in [2.05, 4.69) is 48.9 Å². The SMILES string of the molecule is CCC(C)(CO)CO.CCCCC(C)=Nc1c(N)nc2cc(CCCN3CCN(C(=O)COC)CC3)ccc2c1C. The summed E-state index contributed by atoms with van der Waals surface area (Å²) in [6.07, 6.45) is 6.18. The number of aliphatic hydroxyl groups excluding tert-OH is 2. The number of carbonyl (C=O) groups is 1. The highest BCUT2D eigenvalue weighted by Crippen LogP contribution is 2.32. The summed E-state index contributed by atoms with van der Waals surface area (Å²) in [7, 11) is 1.56. The van der Waals surface area contributed by atoms with Crippen LogP contribution in [-0.2, 0) is 16.0 Å². The standard InChI is InChI=1S/C26H39N5O2.C6H14O2/c1-5-6-8-19(2)28-25-20(3)22-11-10-21(17-23(22)29-26(25)27)9-7-12-30-13-15-31(16-14-30)24(32)18-33-4;1-3-6(2,4-7)5-8/h10-11,17H,5-9,12-16,18H2,1-4H3,(H2,27,29);7-8H,3-5H2,1-2H3. The van der Waals surface area contributed by atoms with Gasteiger partial charge in [-0.2, -0.15) is 0 Å². The number of amides is 1.